The maximum atomic E-state index is 12.3. The average molecular weight is 370 g/mol. The zero-order valence-corrected chi connectivity index (χ0v) is 16.2. The number of rotatable bonds is 6. The highest BCUT2D eigenvalue weighted by atomic mass is 32.2. The van der Waals surface area contributed by atoms with Crippen LogP contribution in [0, 0.1) is 13.8 Å². The Hall–Kier alpha value is -2.61. The van der Waals surface area contributed by atoms with Crippen LogP contribution in [0.15, 0.2) is 35.5 Å². The molecule has 136 valence electrons. The van der Waals surface area contributed by atoms with Crippen molar-refractivity contribution in [3.8, 4) is 11.4 Å². The Balaban J connectivity index is 1.70. The number of nitrogens with one attached hydrogen (secondary N) is 1. The van der Waals surface area contributed by atoms with Crippen molar-refractivity contribution >= 4 is 23.4 Å². The minimum absolute atomic E-state index is 0.0823. The summed E-state index contributed by atoms with van der Waals surface area (Å²) in [6, 6.07) is 9.93. The summed E-state index contributed by atoms with van der Waals surface area (Å²) in [4.78, 5) is 12.3. The van der Waals surface area contributed by atoms with Crippen LogP contribution in [0.5, 0.6) is 0 Å². The van der Waals surface area contributed by atoms with Crippen LogP contribution in [0.25, 0.3) is 11.4 Å². The van der Waals surface area contributed by atoms with Gasteiger partial charge in [0.2, 0.25) is 5.91 Å². The predicted octanol–water partition coefficient (Wildman–Crippen LogP) is 3.05. The molecule has 0 aliphatic heterocycles. The van der Waals surface area contributed by atoms with Gasteiger partial charge in [-0.05, 0) is 20.8 Å². The molecule has 0 spiro atoms. The van der Waals surface area contributed by atoms with Gasteiger partial charge in [-0.2, -0.15) is 5.10 Å². The molecule has 2 aromatic heterocycles. The second-order valence-corrected chi connectivity index (χ2v) is 6.87. The van der Waals surface area contributed by atoms with Crippen LogP contribution in [-0.4, -0.2) is 36.2 Å². The van der Waals surface area contributed by atoms with Crippen LogP contribution >= 0.6 is 11.8 Å². The zero-order valence-electron chi connectivity index (χ0n) is 15.4. The van der Waals surface area contributed by atoms with Gasteiger partial charge in [-0.3, -0.25) is 9.48 Å². The number of benzene rings is 1. The summed E-state index contributed by atoms with van der Waals surface area (Å²) in [5.74, 6) is 0.997. The van der Waals surface area contributed by atoms with E-state index in [0.717, 1.165) is 40.2 Å². The SMILES string of the molecule is CCn1c(SCC(=O)Nc2c(C)nn(C)c2C)nnc1-c1ccccc1. The monoisotopic (exact) mass is 370 g/mol. The largest absolute Gasteiger partial charge is 0.322 e. The molecule has 0 atom stereocenters. The third kappa shape index (κ3) is 3.65. The molecule has 7 nitrogen and oxygen atoms in total. The first-order valence-electron chi connectivity index (χ1n) is 8.42. The average Bonchev–Trinajstić information content (AvgIpc) is 3.16. The number of hydrogen-bond donors (Lipinski definition) is 1. The van der Waals surface area contributed by atoms with Crippen molar-refractivity contribution in [3.05, 3.63) is 41.7 Å². The van der Waals surface area contributed by atoms with Crippen LogP contribution in [0.3, 0.4) is 0 Å². The van der Waals surface area contributed by atoms with Gasteiger partial charge in [0.15, 0.2) is 11.0 Å². The van der Waals surface area contributed by atoms with E-state index in [2.05, 4.69) is 20.6 Å². The fraction of sp³-hybridized carbons (Fsp3) is 0.333. The van der Waals surface area contributed by atoms with Crippen molar-refractivity contribution in [2.75, 3.05) is 11.1 Å². The summed E-state index contributed by atoms with van der Waals surface area (Å²) >= 11 is 1.38. The Morgan fingerprint density at radius 3 is 2.54 bits per heavy atom. The third-order valence-electron chi connectivity index (χ3n) is 4.17. The van der Waals surface area contributed by atoms with Gasteiger partial charge in [0, 0.05) is 19.2 Å². The van der Waals surface area contributed by atoms with E-state index < -0.39 is 0 Å². The van der Waals surface area contributed by atoms with Gasteiger partial charge in [-0.25, -0.2) is 0 Å². The molecule has 3 rings (SSSR count). The molecule has 0 saturated heterocycles. The lowest BCUT2D eigenvalue weighted by Crippen LogP contribution is -2.15. The molecule has 1 amide bonds. The molecule has 0 aliphatic rings. The quantitative estimate of drug-likeness (QED) is 0.675. The van der Waals surface area contributed by atoms with E-state index in [4.69, 9.17) is 0 Å². The van der Waals surface area contributed by atoms with E-state index in [1.807, 2.05) is 62.7 Å². The molecule has 0 saturated carbocycles. The summed E-state index contributed by atoms with van der Waals surface area (Å²) in [6.07, 6.45) is 0. The highest BCUT2D eigenvalue weighted by Gasteiger charge is 2.16. The molecule has 1 N–H and O–H groups in total. The van der Waals surface area contributed by atoms with Crippen molar-refractivity contribution < 1.29 is 4.79 Å². The molecule has 2 heterocycles. The summed E-state index contributed by atoms with van der Waals surface area (Å²) in [5, 5.41) is 16.6. The van der Waals surface area contributed by atoms with Gasteiger partial charge in [0.25, 0.3) is 0 Å². The van der Waals surface area contributed by atoms with Gasteiger partial charge < -0.3 is 9.88 Å². The molecule has 3 aromatic rings. The summed E-state index contributed by atoms with van der Waals surface area (Å²) in [7, 11) is 1.86. The first-order valence-corrected chi connectivity index (χ1v) is 9.41. The van der Waals surface area contributed by atoms with Crippen LogP contribution < -0.4 is 5.32 Å². The summed E-state index contributed by atoms with van der Waals surface area (Å²) < 4.78 is 3.78. The lowest BCUT2D eigenvalue weighted by atomic mass is 10.2. The Kier molecular flexibility index (Phi) is 5.41. The first-order chi connectivity index (χ1) is 12.5. The van der Waals surface area contributed by atoms with E-state index in [9.17, 15) is 4.79 Å². The summed E-state index contributed by atoms with van der Waals surface area (Å²) in [5.41, 5.74) is 3.54. The lowest BCUT2D eigenvalue weighted by molar-refractivity contribution is -0.113. The number of amides is 1. The zero-order chi connectivity index (χ0) is 18.7. The van der Waals surface area contributed by atoms with Crippen molar-refractivity contribution in [1.82, 2.24) is 24.5 Å². The van der Waals surface area contributed by atoms with Gasteiger partial charge >= 0.3 is 0 Å². The van der Waals surface area contributed by atoms with Crippen molar-refractivity contribution in [1.29, 1.82) is 0 Å². The molecule has 0 aliphatic carbocycles. The summed E-state index contributed by atoms with van der Waals surface area (Å²) in [6.45, 7) is 6.60. The molecule has 0 fully saturated rings. The van der Waals surface area contributed by atoms with Crippen LogP contribution in [-0.2, 0) is 18.4 Å². The van der Waals surface area contributed by atoms with Crippen molar-refractivity contribution in [2.24, 2.45) is 7.05 Å². The topological polar surface area (TPSA) is 77.6 Å². The number of thioether (sulfide) groups is 1. The fourth-order valence-electron chi connectivity index (χ4n) is 2.74. The van der Waals surface area contributed by atoms with Crippen molar-refractivity contribution in [3.63, 3.8) is 0 Å². The number of carbonyl (C=O) groups is 1. The predicted molar refractivity (Wildman–Crippen MR) is 103 cm³/mol. The van der Waals surface area contributed by atoms with Gasteiger partial charge in [0.05, 0.1) is 22.8 Å². The second kappa shape index (κ2) is 7.74. The molecule has 0 unspecified atom stereocenters. The number of carbonyl (C=O) groups excluding carboxylic acids is 1. The maximum Gasteiger partial charge on any atom is 0.234 e. The molecule has 0 radical (unpaired) electrons. The van der Waals surface area contributed by atoms with E-state index in [-0.39, 0.29) is 11.7 Å². The van der Waals surface area contributed by atoms with Crippen LogP contribution in [0.4, 0.5) is 5.69 Å². The normalized spacial score (nSPS) is 10.9. The van der Waals surface area contributed by atoms with Crippen LogP contribution in [0.2, 0.25) is 0 Å². The van der Waals surface area contributed by atoms with Gasteiger partial charge in [-0.1, -0.05) is 42.1 Å². The highest BCUT2D eigenvalue weighted by Crippen LogP contribution is 2.24. The van der Waals surface area contributed by atoms with E-state index in [0.29, 0.717) is 0 Å². The number of aryl methyl sites for hydroxylation is 2. The number of hydrogen-bond acceptors (Lipinski definition) is 5. The Bertz CT molecular complexity index is 915. The maximum absolute atomic E-state index is 12.3. The first kappa shape index (κ1) is 18.2. The van der Waals surface area contributed by atoms with E-state index >= 15 is 0 Å². The van der Waals surface area contributed by atoms with Gasteiger partial charge in [-0.15, -0.1) is 10.2 Å². The molecule has 0 bridgehead atoms. The van der Waals surface area contributed by atoms with E-state index in [1.165, 1.54) is 11.8 Å². The van der Waals surface area contributed by atoms with Gasteiger partial charge in [0.1, 0.15) is 0 Å². The molecular weight excluding hydrogens is 348 g/mol. The number of anilines is 1. The number of aromatic nitrogens is 5. The smallest absolute Gasteiger partial charge is 0.234 e. The van der Waals surface area contributed by atoms with E-state index in [1.54, 1.807) is 4.68 Å². The third-order valence-corrected chi connectivity index (χ3v) is 5.14. The minimum Gasteiger partial charge on any atom is -0.322 e. The molecular formula is C18H22N6OS. The molecule has 1 aromatic carbocycles. The Morgan fingerprint density at radius 1 is 1.19 bits per heavy atom. The van der Waals surface area contributed by atoms with Crippen molar-refractivity contribution in [2.45, 2.75) is 32.5 Å². The van der Waals surface area contributed by atoms with Crippen LogP contribution in [0.1, 0.15) is 18.3 Å². The highest BCUT2D eigenvalue weighted by molar-refractivity contribution is 7.99. The second-order valence-electron chi connectivity index (χ2n) is 5.92. The Morgan fingerprint density at radius 2 is 1.92 bits per heavy atom. The Labute approximate surface area is 156 Å². The lowest BCUT2D eigenvalue weighted by Gasteiger charge is -2.08. The minimum atomic E-state index is -0.0823. The molecule has 8 heteroatoms. The fourth-order valence-corrected chi connectivity index (χ4v) is 3.54. The number of nitrogens with zero attached hydrogens (tertiary/aromatic N) is 5. The standard InChI is InChI=1S/C18H22N6OS/c1-5-24-17(14-9-7-6-8-10-14)20-21-18(24)26-11-15(25)19-16-12(2)22-23(4)13(16)3/h6-10H,5,11H2,1-4H3,(H,19,25). The molecule has 26 heavy (non-hydrogen) atoms.